The lowest BCUT2D eigenvalue weighted by Gasteiger charge is -2.25. The number of likely N-dealkylation sites (tertiary alicyclic amines) is 1. The van der Waals surface area contributed by atoms with Crippen molar-refractivity contribution in [2.24, 2.45) is 5.92 Å². The molecule has 1 saturated heterocycles. The van der Waals surface area contributed by atoms with Gasteiger partial charge in [0.1, 0.15) is 5.75 Å². The molecule has 0 spiro atoms. The molecule has 4 nitrogen and oxygen atoms in total. The van der Waals surface area contributed by atoms with E-state index in [0.29, 0.717) is 12.3 Å². The monoisotopic (exact) mass is 309 g/mol. The van der Waals surface area contributed by atoms with Crippen LogP contribution in [-0.4, -0.2) is 47.5 Å². The van der Waals surface area contributed by atoms with Crippen molar-refractivity contribution < 1.29 is 14.6 Å². The van der Waals surface area contributed by atoms with Gasteiger partial charge < -0.3 is 14.7 Å². The number of ether oxygens (including phenoxy) is 1. The number of hydrogen-bond donors (Lipinski definition) is 1. The number of methoxy groups -OCH3 is 1. The number of carbonyl (C=O) groups excluding carboxylic acids is 1. The molecule has 21 heavy (non-hydrogen) atoms. The highest BCUT2D eigenvalue weighted by Crippen LogP contribution is 2.28. The zero-order valence-corrected chi connectivity index (χ0v) is 13.7. The quantitative estimate of drug-likeness (QED) is 0.849. The van der Waals surface area contributed by atoms with E-state index in [1.807, 2.05) is 43.0 Å². The van der Waals surface area contributed by atoms with E-state index in [4.69, 9.17) is 4.74 Å². The molecule has 0 unspecified atom stereocenters. The Kier molecular flexibility index (Phi) is 5.17. The summed E-state index contributed by atoms with van der Waals surface area (Å²) in [5.74, 6) is 1.53. The number of rotatable bonds is 5. The van der Waals surface area contributed by atoms with Crippen LogP contribution in [0.15, 0.2) is 29.2 Å². The largest absolute Gasteiger partial charge is 0.497 e. The fraction of sp³-hybridized carbons (Fsp3) is 0.562. The summed E-state index contributed by atoms with van der Waals surface area (Å²) in [6.45, 7) is 5.03. The zero-order chi connectivity index (χ0) is 15.5. The summed E-state index contributed by atoms with van der Waals surface area (Å²) in [6.07, 6.45) is 0.874. The van der Waals surface area contributed by atoms with Gasteiger partial charge in [0, 0.05) is 23.9 Å². The summed E-state index contributed by atoms with van der Waals surface area (Å²) in [4.78, 5) is 15.1. The second-order valence-electron chi connectivity index (χ2n) is 5.95. The molecule has 1 N–H and O–H groups in total. The SMILES string of the molecule is COc1cccc(SCC(=O)N2CC[C@@H](C(C)(C)O)C2)c1. The van der Waals surface area contributed by atoms with E-state index in [9.17, 15) is 9.90 Å². The van der Waals surface area contributed by atoms with Crippen molar-refractivity contribution in [1.29, 1.82) is 0 Å². The van der Waals surface area contributed by atoms with Gasteiger partial charge in [0.15, 0.2) is 0 Å². The molecule has 0 saturated carbocycles. The molecular formula is C16H23NO3S. The first kappa shape index (κ1) is 16.2. The maximum absolute atomic E-state index is 12.2. The topological polar surface area (TPSA) is 49.8 Å². The molecule has 1 heterocycles. The number of aliphatic hydroxyl groups is 1. The van der Waals surface area contributed by atoms with Crippen LogP contribution in [0.5, 0.6) is 5.75 Å². The van der Waals surface area contributed by atoms with E-state index in [-0.39, 0.29) is 11.8 Å². The van der Waals surface area contributed by atoms with Gasteiger partial charge in [-0.15, -0.1) is 11.8 Å². The highest BCUT2D eigenvalue weighted by Gasteiger charge is 2.35. The fourth-order valence-electron chi connectivity index (χ4n) is 2.49. The first-order valence-corrected chi connectivity index (χ1v) is 8.15. The predicted molar refractivity (Wildman–Crippen MR) is 84.7 cm³/mol. The average molecular weight is 309 g/mol. The summed E-state index contributed by atoms with van der Waals surface area (Å²) in [5, 5.41) is 10.0. The van der Waals surface area contributed by atoms with Gasteiger partial charge in [-0.2, -0.15) is 0 Å². The van der Waals surface area contributed by atoms with Crippen LogP contribution < -0.4 is 4.74 Å². The molecule has 1 atom stereocenters. The Bertz CT molecular complexity index is 499. The lowest BCUT2D eigenvalue weighted by Crippen LogP contribution is -2.36. The van der Waals surface area contributed by atoms with Gasteiger partial charge in [0.2, 0.25) is 5.91 Å². The van der Waals surface area contributed by atoms with Crippen molar-refractivity contribution in [3.63, 3.8) is 0 Å². The molecule has 1 aliphatic heterocycles. The minimum atomic E-state index is -0.713. The Hall–Kier alpha value is -1.20. The predicted octanol–water partition coefficient (Wildman–Crippen LogP) is 2.41. The van der Waals surface area contributed by atoms with E-state index in [1.165, 1.54) is 11.8 Å². The van der Waals surface area contributed by atoms with Crippen molar-refractivity contribution in [2.45, 2.75) is 30.8 Å². The minimum absolute atomic E-state index is 0.134. The molecule has 1 aliphatic rings. The maximum Gasteiger partial charge on any atom is 0.232 e. The fourth-order valence-corrected chi connectivity index (χ4v) is 3.34. The third-order valence-corrected chi connectivity index (χ3v) is 4.92. The number of nitrogens with zero attached hydrogens (tertiary/aromatic N) is 1. The van der Waals surface area contributed by atoms with Crippen LogP contribution in [0, 0.1) is 5.92 Å². The van der Waals surface area contributed by atoms with Crippen LogP contribution >= 0.6 is 11.8 Å². The van der Waals surface area contributed by atoms with Gasteiger partial charge >= 0.3 is 0 Å². The lowest BCUT2D eigenvalue weighted by molar-refractivity contribution is -0.127. The minimum Gasteiger partial charge on any atom is -0.497 e. The molecule has 116 valence electrons. The molecule has 0 radical (unpaired) electrons. The van der Waals surface area contributed by atoms with Crippen molar-refractivity contribution in [1.82, 2.24) is 4.90 Å². The summed E-state index contributed by atoms with van der Waals surface area (Å²) in [5.41, 5.74) is -0.713. The summed E-state index contributed by atoms with van der Waals surface area (Å²) >= 11 is 1.52. The van der Waals surface area contributed by atoms with Gasteiger partial charge in [-0.25, -0.2) is 0 Å². The molecule has 1 aromatic rings. The van der Waals surface area contributed by atoms with Crippen molar-refractivity contribution in [3.05, 3.63) is 24.3 Å². The average Bonchev–Trinajstić information content (AvgIpc) is 2.95. The first-order chi connectivity index (χ1) is 9.90. The number of benzene rings is 1. The van der Waals surface area contributed by atoms with Gasteiger partial charge in [-0.1, -0.05) is 6.07 Å². The normalized spacial score (nSPS) is 18.9. The van der Waals surface area contributed by atoms with Crippen molar-refractivity contribution in [2.75, 3.05) is 26.0 Å². The van der Waals surface area contributed by atoms with Crippen molar-refractivity contribution >= 4 is 17.7 Å². The van der Waals surface area contributed by atoms with Crippen LogP contribution in [0.2, 0.25) is 0 Å². The summed E-state index contributed by atoms with van der Waals surface area (Å²) in [6, 6.07) is 7.72. The van der Waals surface area contributed by atoms with Crippen molar-refractivity contribution in [3.8, 4) is 5.75 Å². The Balaban J connectivity index is 1.85. The molecule has 1 fully saturated rings. The number of carbonyl (C=O) groups is 1. The van der Waals surface area contributed by atoms with E-state index in [0.717, 1.165) is 23.6 Å². The smallest absolute Gasteiger partial charge is 0.232 e. The molecule has 1 amide bonds. The van der Waals surface area contributed by atoms with E-state index in [1.54, 1.807) is 7.11 Å². The second kappa shape index (κ2) is 6.71. The van der Waals surface area contributed by atoms with Crippen LogP contribution in [0.25, 0.3) is 0 Å². The number of amides is 1. The molecular weight excluding hydrogens is 286 g/mol. The lowest BCUT2D eigenvalue weighted by atomic mass is 9.90. The van der Waals surface area contributed by atoms with E-state index >= 15 is 0 Å². The van der Waals surface area contributed by atoms with E-state index < -0.39 is 5.60 Å². The van der Waals surface area contributed by atoms with Gasteiger partial charge in [-0.3, -0.25) is 4.79 Å². The molecule has 5 heteroatoms. The first-order valence-electron chi connectivity index (χ1n) is 7.17. The van der Waals surface area contributed by atoms with Crippen LogP contribution in [0.1, 0.15) is 20.3 Å². The van der Waals surface area contributed by atoms with Gasteiger partial charge in [-0.05, 0) is 38.5 Å². The third-order valence-electron chi connectivity index (χ3n) is 3.94. The molecule has 2 rings (SSSR count). The van der Waals surface area contributed by atoms with Crippen LogP contribution in [0.4, 0.5) is 0 Å². The molecule has 0 aliphatic carbocycles. The maximum atomic E-state index is 12.2. The third kappa shape index (κ3) is 4.38. The Morgan fingerprint density at radius 2 is 2.29 bits per heavy atom. The van der Waals surface area contributed by atoms with Crippen LogP contribution in [0.3, 0.4) is 0 Å². The Morgan fingerprint density at radius 1 is 1.52 bits per heavy atom. The summed E-state index contributed by atoms with van der Waals surface area (Å²) < 4.78 is 5.18. The Morgan fingerprint density at radius 3 is 2.90 bits per heavy atom. The molecule has 0 bridgehead atoms. The highest BCUT2D eigenvalue weighted by molar-refractivity contribution is 8.00. The number of hydrogen-bond acceptors (Lipinski definition) is 4. The highest BCUT2D eigenvalue weighted by atomic mass is 32.2. The number of thioether (sulfide) groups is 1. The van der Waals surface area contributed by atoms with Gasteiger partial charge in [0.05, 0.1) is 18.5 Å². The van der Waals surface area contributed by atoms with E-state index in [2.05, 4.69) is 0 Å². The van der Waals surface area contributed by atoms with Crippen LogP contribution in [-0.2, 0) is 4.79 Å². The zero-order valence-electron chi connectivity index (χ0n) is 12.8. The molecule has 1 aromatic carbocycles. The Labute approximate surface area is 130 Å². The standard InChI is InChI=1S/C16H23NO3S/c1-16(2,19)12-7-8-17(10-12)15(18)11-21-14-6-4-5-13(9-14)20-3/h4-6,9,12,19H,7-8,10-11H2,1-3H3/t12-/m1/s1. The summed E-state index contributed by atoms with van der Waals surface area (Å²) in [7, 11) is 1.63. The van der Waals surface area contributed by atoms with Gasteiger partial charge in [0.25, 0.3) is 0 Å². The molecule has 0 aromatic heterocycles. The second-order valence-corrected chi connectivity index (χ2v) is 7.00.